The van der Waals surface area contributed by atoms with Crippen molar-refractivity contribution in [1.82, 2.24) is 14.3 Å². The van der Waals surface area contributed by atoms with Gasteiger partial charge in [-0.2, -0.15) is 4.31 Å². The average molecular weight is 328 g/mol. The topological polar surface area (TPSA) is 101 Å². The molecular formula is C12H14ClN5O2S. The lowest BCUT2D eigenvalue weighted by Crippen LogP contribution is -2.27. The van der Waals surface area contributed by atoms with Crippen molar-refractivity contribution in [3.8, 4) is 0 Å². The fourth-order valence-electron chi connectivity index (χ4n) is 1.65. The van der Waals surface area contributed by atoms with Crippen LogP contribution in [-0.2, 0) is 16.6 Å². The standard InChI is InChI=1S/C12H14ClN5O2S/c1-18(8-9-4-2-3-5-15-9)21(19,20)10-6-11(13)12(17-14)16-7-10/h2-7H,8,14H2,1H3,(H,16,17). The summed E-state index contributed by atoms with van der Waals surface area (Å²) in [4.78, 5) is 7.95. The number of nitrogens with zero attached hydrogens (tertiary/aromatic N) is 3. The first-order chi connectivity index (χ1) is 9.95. The molecule has 0 unspecified atom stereocenters. The second kappa shape index (κ2) is 6.35. The van der Waals surface area contributed by atoms with E-state index < -0.39 is 10.0 Å². The van der Waals surface area contributed by atoms with Gasteiger partial charge in [0.2, 0.25) is 10.0 Å². The van der Waals surface area contributed by atoms with Gasteiger partial charge in [-0.25, -0.2) is 19.2 Å². The van der Waals surface area contributed by atoms with Gasteiger partial charge in [0.25, 0.3) is 0 Å². The molecule has 0 aliphatic rings. The molecule has 0 bridgehead atoms. The number of rotatable bonds is 5. The van der Waals surface area contributed by atoms with Crippen molar-refractivity contribution in [1.29, 1.82) is 0 Å². The SMILES string of the molecule is CN(Cc1ccccn1)S(=O)(=O)c1cnc(NN)c(Cl)c1. The first-order valence-corrected chi connectivity index (χ1v) is 7.75. The Kier molecular flexibility index (Phi) is 4.73. The molecule has 0 saturated carbocycles. The fraction of sp³-hybridized carbons (Fsp3) is 0.167. The Morgan fingerprint density at radius 2 is 2.14 bits per heavy atom. The third kappa shape index (κ3) is 3.48. The predicted molar refractivity (Wildman–Crippen MR) is 79.9 cm³/mol. The number of nitrogen functional groups attached to an aromatic ring is 1. The minimum Gasteiger partial charge on any atom is -0.307 e. The van der Waals surface area contributed by atoms with E-state index in [2.05, 4.69) is 15.4 Å². The zero-order valence-corrected chi connectivity index (χ0v) is 12.8. The van der Waals surface area contributed by atoms with Crippen LogP contribution in [0.2, 0.25) is 5.02 Å². The smallest absolute Gasteiger partial charge is 0.244 e. The molecule has 3 N–H and O–H groups in total. The maximum atomic E-state index is 12.4. The number of sulfonamides is 1. The van der Waals surface area contributed by atoms with E-state index in [0.717, 1.165) is 0 Å². The van der Waals surface area contributed by atoms with Crippen LogP contribution in [0, 0.1) is 0 Å². The van der Waals surface area contributed by atoms with Gasteiger partial charge in [0.1, 0.15) is 4.90 Å². The molecule has 2 rings (SSSR count). The lowest BCUT2D eigenvalue weighted by atomic mass is 10.3. The highest BCUT2D eigenvalue weighted by Crippen LogP contribution is 2.23. The molecule has 0 aliphatic carbocycles. The van der Waals surface area contributed by atoms with Crippen molar-refractivity contribution >= 4 is 27.4 Å². The van der Waals surface area contributed by atoms with E-state index in [4.69, 9.17) is 17.4 Å². The summed E-state index contributed by atoms with van der Waals surface area (Å²) < 4.78 is 26.1. The molecule has 0 amide bonds. The van der Waals surface area contributed by atoms with E-state index >= 15 is 0 Å². The Morgan fingerprint density at radius 3 is 2.71 bits per heavy atom. The largest absolute Gasteiger partial charge is 0.307 e. The van der Waals surface area contributed by atoms with Crippen LogP contribution in [0.1, 0.15) is 5.69 Å². The van der Waals surface area contributed by atoms with Crippen LogP contribution in [0.25, 0.3) is 0 Å². The first-order valence-electron chi connectivity index (χ1n) is 5.93. The van der Waals surface area contributed by atoms with Crippen molar-refractivity contribution in [2.45, 2.75) is 11.4 Å². The van der Waals surface area contributed by atoms with Crippen LogP contribution in [0.3, 0.4) is 0 Å². The molecule has 0 aliphatic heterocycles. The summed E-state index contributed by atoms with van der Waals surface area (Å²) in [6.45, 7) is 0.150. The first kappa shape index (κ1) is 15.6. The van der Waals surface area contributed by atoms with Crippen LogP contribution >= 0.6 is 11.6 Å². The third-order valence-electron chi connectivity index (χ3n) is 2.77. The summed E-state index contributed by atoms with van der Waals surface area (Å²) in [5.41, 5.74) is 2.92. The summed E-state index contributed by atoms with van der Waals surface area (Å²) >= 11 is 5.90. The van der Waals surface area contributed by atoms with Crippen molar-refractivity contribution in [3.05, 3.63) is 47.4 Å². The van der Waals surface area contributed by atoms with Crippen LogP contribution < -0.4 is 11.3 Å². The van der Waals surface area contributed by atoms with Gasteiger partial charge in [-0.1, -0.05) is 17.7 Å². The van der Waals surface area contributed by atoms with E-state index in [1.807, 2.05) is 0 Å². The number of nitrogens with one attached hydrogen (secondary N) is 1. The van der Waals surface area contributed by atoms with Gasteiger partial charge < -0.3 is 5.43 Å². The van der Waals surface area contributed by atoms with Gasteiger partial charge in [0, 0.05) is 19.4 Å². The lowest BCUT2D eigenvalue weighted by Gasteiger charge is -2.17. The normalized spacial score (nSPS) is 11.6. The van der Waals surface area contributed by atoms with Crippen LogP contribution in [-0.4, -0.2) is 29.7 Å². The summed E-state index contributed by atoms with van der Waals surface area (Å²) in [6.07, 6.45) is 2.81. The van der Waals surface area contributed by atoms with Gasteiger partial charge in [-0.05, 0) is 18.2 Å². The fourth-order valence-corrected chi connectivity index (χ4v) is 3.05. The van der Waals surface area contributed by atoms with Gasteiger partial charge in [0.15, 0.2) is 5.82 Å². The van der Waals surface area contributed by atoms with Crippen molar-refractivity contribution in [3.63, 3.8) is 0 Å². The number of anilines is 1. The van der Waals surface area contributed by atoms with E-state index in [0.29, 0.717) is 5.69 Å². The van der Waals surface area contributed by atoms with Gasteiger partial charge in [0.05, 0.1) is 17.3 Å². The van der Waals surface area contributed by atoms with Crippen molar-refractivity contribution < 1.29 is 8.42 Å². The Labute approximate surface area is 127 Å². The zero-order valence-electron chi connectivity index (χ0n) is 11.2. The minimum absolute atomic E-state index is 0.00932. The summed E-state index contributed by atoms with van der Waals surface area (Å²) in [7, 11) is -2.24. The molecule has 2 aromatic heterocycles. The number of pyridine rings is 2. The van der Waals surface area contributed by atoms with E-state index in [-0.39, 0.29) is 22.3 Å². The van der Waals surface area contributed by atoms with Gasteiger partial charge in [-0.15, -0.1) is 0 Å². The van der Waals surface area contributed by atoms with E-state index in [9.17, 15) is 8.42 Å². The molecule has 9 heteroatoms. The quantitative estimate of drug-likeness (QED) is 0.633. The molecule has 112 valence electrons. The minimum atomic E-state index is -3.71. The highest BCUT2D eigenvalue weighted by molar-refractivity contribution is 7.89. The Hall–Kier alpha value is -1.74. The molecule has 7 nitrogen and oxygen atoms in total. The molecule has 0 aromatic carbocycles. The highest BCUT2D eigenvalue weighted by Gasteiger charge is 2.22. The molecule has 0 atom stereocenters. The molecule has 0 spiro atoms. The van der Waals surface area contributed by atoms with Gasteiger partial charge >= 0.3 is 0 Å². The molecule has 21 heavy (non-hydrogen) atoms. The Bertz CT molecular complexity index is 724. The number of nitrogens with two attached hydrogens (primary N) is 1. The second-order valence-corrected chi connectivity index (χ2v) is 6.68. The predicted octanol–water partition coefficient (Wildman–Crippen LogP) is 1.24. The molecule has 0 radical (unpaired) electrons. The van der Waals surface area contributed by atoms with E-state index in [1.165, 1.54) is 23.6 Å². The maximum absolute atomic E-state index is 12.4. The van der Waals surface area contributed by atoms with Crippen molar-refractivity contribution in [2.24, 2.45) is 5.84 Å². The average Bonchev–Trinajstić information content (AvgIpc) is 2.48. The summed E-state index contributed by atoms with van der Waals surface area (Å²) in [6, 6.07) is 6.61. The summed E-state index contributed by atoms with van der Waals surface area (Å²) in [5.74, 6) is 5.42. The van der Waals surface area contributed by atoms with Crippen molar-refractivity contribution in [2.75, 3.05) is 12.5 Å². The number of hydrogen-bond donors (Lipinski definition) is 2. The van der Waals surface area contributed by atoms with Crippen LogP contribution in [0.4, 0.5) is 5.82 Å². The number of aromatic nitrogens is 2. The van der Waals surface area contributed by atoms with Gasteiger partial charge in [-0.3, -0.25) is 4.98 Å². The maximum Gasteiger partial charge on any atom is 0.244 e. The summed E-state index contributed by atoms with van der Waals surface area (Å²) in [5, 5.41) is 0.129. The Morgan fingerprint density at radius 1 is 1.38 bits per heavy atom. The lowest BCUT2D eigenvalue weighted by molar-refractivity contribution is 0.462. The molecule has 0 saturated heterocycles. The Balaban J connectivity index is 2.27. The van der Waals surface area contributed by atoms with Crippen LogP contribution in [0.15, 0.2) is 41.6 Å². The molecular weight excluding hydrogens is 314 g/mol. The number of hydrogen-bond acceptors (Lipinski definition) is 6. The number of hydrazine groups is 1. The number of halogens is 1. The monoisotopic (exact) mass is 327 g/mol. The van der Waals surface area contributed by atoms with E-state index in [1.54, 1.807) is 24.4 Å². The third-order valence-corrected chi connectivity index (χ3v) is 4.83. The van der Waals surface area contributed by atoms with Crippen LogP contribution in [0.5, 0.6) is 0 Å². The zero-order chi connectivity index (χ0) is 15.5. The molecule has 0 fully saturated rings. The highest BCUT2D eigenvalue weighted by atomic mass is 35.5. The second-order valence-electron chi connectivity index (χ2n) is 4.23. The molecule has 2 heterocycles. The molecule has 2 aromatic rings.